The van der Waals surface area contributed by atoms with Gasteiger partial charge in [-0.2, -0.15) is 0 Å². The van der Waals surface area contributed by atoms with Crippen LogP contribution in [0.15, 0.2) is 46.9 Å². The van der Waals surface area contributed by atoms with Gasteiger partial charge in [-0.25, -0.2) is 0 Å². The molecule has 2 aromatic carbocycles. The summed E-state index contributed by atoms with van der Waals surface area (Å²) in [4.78, 5) is 12.0. The molecule has 0 spiro atoms. The third kappa shape index (κ3) is 3.50. The number of hydrogen-bond acceptors (Lipinski definition) is 2. The molecule has 0 bridgehead atoms. The van der Waals surface area contributed by atoms with E-state index in [1.54, 1.807) is 36.4 Å². The van der Waals surface area contributed by atoms with Gasteiger partial charge >= 0.3 is 0 Å². The van der Waals surface area contributed by atoms with Crippen LogP contribution in [0.3, 0.4) is 0 Å². The molecule has 0 aromatic heterocycles. The summed E-state index contributed by atoms with van der Waals surface area (Å²) < 4.78 is 6.13. The highest BCUT2D eigenvalue weighted by Crippen LogP contribution is 2.32. The van der Waals surface area contributed by atoms with E-state index in [0.29, 0.717) is 21.4 Å². The molecule has 0 radical (unpaired) electrons. The van der Waals surface area contributed by atoms with Crippen molar-refractivity contribution in [3.05, 3.63) is 62.5 Å². The molecular formula is C14H9BrCl2O2. The topological polar surface area (TPSA) is 26.3 Å². The number of carbonyl (C=O) groups excluding carboxylic acids is 1. The second-order valence-electron chi connectivity index (χ2n) is 3.74. The first-order valence-electron chi connectivity index (χ1n) is 5.44. The highest BCUT2D eigenvalue weighted by Gasteiger charge is 2.13. The molecule has 0 fully saturated rings. The van der Waals surface area contributed by atoms with E-state index >= 15 is 0 Å². The van der Waals surface area contributed by atoms with Crippen LogP contribution in [0.25, 0.3) is 0 Å². The second kappa shape index (κ2) is 6.42. The number of carbonyl (C=O) groups is 1. The Morgan fingerprint density at radius 1 is 1.05 bits per heavy atom. The number of benzene rings is 2. The fourth-order valence-electron chi connectivity index (χ4n) is 1.52. The largest absolute Gasteiger partial charge is 0.482 e. The van der Waals surface area contributed by atoms with Gasteiger partial charge in [0.15, 0.2) is 12.4 Å². The average Bonchev–Trinajstić information content (AvgIpc) is 2.38. The summed E-state index contributed by atoms with van der Waals surface area (Å²) in [5.74, 6) is 0.176. The van der Waals surface area contributed by atoms with Crippen LogP contribution in [0.5, 0.6) is 5.75 Å². The molecule has 0 unspecified atom stereocenters. The van der Waals surface area contributed by atoms with Crippen LogP contribution in [0.4, 0.5) is 0 Å². The number of hydrogen-bond donors (Lipinski definition) is 0. The lowest BCUT2D eigenvalue weighted by Gasteiger charge is -2.09. The number of para-hydroxylation sites is 1. The van der Waals surface area contributed by atoms with E-state index in [1.807, 2.05) is 6.07 Å². The number of halogens is 3. The van der Waals surface area contributed by atoms with Gasteiger partial charge in [-0.1, -0.05) is 63.4 Å². The first-order valence-corrected chi connectivity index (χ1v) is 6.99. The summed E-state index contributed by atoms with van der Waals surface area (Å²) in [6.07, 6.45) is 0. The third-order valence-corrected chi connectivity index (χ3v) is 3.73. The summed E-state index contributed by atoms with van der Waals surface area (Å²) in [7, 11) is 0. The summed E-state index contributed by atoms with van der Waals surface area (Å²) in [5, 5.41) is 0.764. The highest BCUT2D eigenvalue weighted by molar-refractivity contribution is 9.10. The molecule has 0 aliphatic carbocycles. The van der Waals surface area contributed by atoms with Crippen molar-refractivity contribution in [3.63, 3.8) is 0 Å². The van der Waals surface area contributed by atoms with Gasteiger partial charge in [0.2, 0.25) is 5.78 Å². The van der Waals surface area contributed by atoms with Crippen molar-refractivity contribution in [1.82, 2.24) is 0 Å². The van der Waals surface area contributed by atoms with Gasteiger partial charge in [-0.3, -0.25) is 4.79 Å². The van der Waals surface area contributed by atoms with Gasteiger partial charge in [0.1, 0.15) is 0 Å². The Kier molecular flexibility index (Phi) is 4.86. The Hall–Kier alpha value is -1.03. The zero-order valence-electron chi connectivity index (χ0n) is 9.70. The summed E-state index contributed by atoms with van der Waals surface area (Å²) in [6.45, 7) is -0.119. The van der Waals surface area contributed by atoms with Crippen LogP contribution in [-0.4, -0.2) is 12.4 Å². The van der Waals surface area contributed by atoms with Crippen molar-refractivity contribution < 1.29 is 9.53 Å². The molecule has 5 heteroatoms. The Balaban J connectivity index is 2.11. The zero-order chi connectivity index (χ0) is 13.8. The van der Waals surface area contributed by atoms with Crippen LogP contribution >= 0.6 is 39.1 Å². The summed E-state index contributed by atoms with van der Waals surface area (Å²) >= 11 is 15.2. The van der Waals surface area contributed by atoms with Crippen molar-refractivity contribution in [2.75, 3.05) is 6.61 Å². The van der Waals surface area contributed by atoms with Crippen LogP contribution in [0.1, 0.15) is 10.4 Å². The van der Waals surface area contributed by atoms with E-state index in [4.69, 9.17) is 27.9 Å². The zero-order valence-corrected chi connectivity index (χ0v) is 12.8. The molecule has 0 amide bonds. The van der Waals surface area contributed by atoms with Crippen molar-refractivity contribution in [1.29, 1.82) is 0 Å². The van der Waals surface area contributed by atoms with E-state index in [-0.39, 0.29) is 12.4 Å². The van der Waals surface area contributed by atoms with Gasteiger partial charge in [0.25, 0.3) is 0 Å². The average molecular weight is 360 g/mol. The Morgan fingerprint density at radius 2 is 1.68 bits per heavy atom. The smallest absolute Gasteiger partial charge is 0.201 e. The lowest BCUT2D eigenvalue weighted by Crippen LogP contribution is -2.12. The number of ketones is 1. The van der Waals surface area contributed by atoms with Gasteiger partial charge < -0.3 is 4.74 Å². The molecule has 2 rings (SSSR count). The van der Waals surface area contributed by atoms with Crippen molar-refractivity contribution in [2.24, 2.45) is 0 Å². The highest BCUT2D eigenvalue weighted by atomic mass is 79.9. The first-order chi connectivity index (χ1) is 9.09. The van der Waals surface area contributed by atoms with Crippen LogP contribution in [0, 0.1) is 0 Å². The van der Waals surface area contributed by atoms with E-state index in [9.17, 15) is 4.79 Å². The molecule has 0 saturated heterocycles. The van der Waals surface area contributed by atoms with Crippen LogP contribution in [0.2, 0.25) is 10.0 Å². The number of Topliss-reactive ketones (excluding diaryl/α,β-unsaturated/α-hetero) is 1. The molecule has 0 saturated carbocycles. The Morgan fingerprint density at radius 3 is 2.32 bits per heavy atom. The van der Waals surface area contributed by atoms with E-state index in [0.717, 1.165) is 4.47 Å². The van der Waals surface area contributed by atoms with Gasteiger partial charge in [-0.05, 0) is 18.2 Å². The SMILES string of the molecule is O=C(COc1c(Cl)cccc1Cl)c1ccccc1Br. The second-order valence-corrected chi connectivity index (χ2v) is 5.41. The fraction of sp³-hybridized carbons (Fsp3) is 0.0714. The van der Waals surface area contributed by atoms with Gasteiger partial charge in [-0.15, -0.1) is 0 Å². The third-order valence-electron chi connectivity index (χ3n) is 2.44. The molecule has 19 heavy (non-hydrogen) atoms. The van der Waals surface area contributed by atoms with Crippen molar-refractivity contribution in [2.45, 2.75) is 0 Å². The summed E-state index contributed by atoms with van der Waals surface area (Å²) in [5.41, 5.74) is 0.561. The standard InChI is InChI=1S/C14H9BrCl2O2/c15-10-5-2-1-4-9(10)13(18)8-19-14-11(16)6-3-7-12(14)17/h1-7H,8H2. The Bertz CT molecular complexity index is 594. The molecular weight excluding hydrogens is 351 g/mol. The minimum Gasteiger partial charge on any atom is -0.482 e. The maximum Gasteiger partial charge on any atom is 0.201 e. The maximum atomic E-state index is 12.0. The lowest BCUT2D eigenvalue weighted by atomic mass is 10.1. The molecule has 0 aliphatic heterocycles. The fourth-order valence-corrected chi connectivity index (χ4v) is 2.54. The van der Waals surface area contributed by atoms with Gasteiger partial charge in [0, 0.05) is 10.0 Å². The monoisotopic (exact) mass is 358 g/mol. The quantitative estimate of drug-likeness (QED) is 0.716. The molecule has 98 valence electrons. The predicted octanol–water partition coefficient (Wildman–Crippen LogP) is 5.02. The maximum absolute atomic E-state index is 12.0. The van der Waals surface area contributed by atoms with Crippen LogP contribution < -0.4 is 4.74 Å². The van der Waals surface area contributed by atoms with Crippen molar-refractivity contribution in [3.8, 4) is 5.75 Å². The van der Waals surface area contributed by atoms with E-state index in [1.165, 1.54) is 0 Å². The molecule has 0 N–H and O–H groups in total. The van der Waals surface area contributed by atoms with Gasteiger partial charge in [0.05, 0.1) is 10.0 Å². The molecule has 0 atom stereocenters. The minimum absolute atomic E-state index is 0.119. The predicted molar refractivity (Wildman–Crippen MR) is 80.4 cm³/mol. The van der Waals surface area contributed by atoms with Crippen LogP contribution in [-0.2, 0) is 0 Å². The van der Waals surface area contributed by atoms with E-state index < -0.39 is 0 Å². The van der Waals surface area contributed by atoms with Crippen molar-refractivity contribution >= 4 is 44.9 Å². The summed E-state index contributed by atoms with van der Waals surface area (Å²) in [6, 6.07) is 12.2. The first kappa shape index (κ1) is 14.4. The minimum atomic E-state index is -0.150. The van der Waals surface area contributed by atoms with E-state index in [2.05, 4.69) is 15.9 Å². The normalized spacial score (nSPS) is 10.3. The Labute approximate surface area is 129 Å². The molecule has 2 nitrogen and oxygen atoms in total. The number of ether oxygens (including phenoxy) is 1. The molecule has 0 aliphatic rings. The molecule has 2 aromatic rings. The number of rotatable bonds is 4. The lowest BCUT2D eigenvalue weighted by molar-refractivity contribution is 0.0921. The molecule has 0 heterocycles.